The molecule has 0 aliphatic heterocycles. The number of rotatable bonds is 5. The average molecular weight is 434 g/mol. The van der Waals surface area contributed by atoms with Crippen molar-refractivity contribution in [1.82, 2.24) is 4.98 Å². The summed E-state index contributed by atoms with van der Waals surface area (Å²) in [6, 6.07) is 12.2. The van der Waals surface area contributed by atoms with Crippen LogP contribution >= 0.6 is 11.6 Å². The van der Waals surface area contributed by atoms with Crippen molar-refractivity contribution in [3.8, 4) is 0 Å². The summed E-state index contributed by atoms with van der Waals surface area (Å²) in [6.45, 7) is 1.38. The van der Waals surface area contributed by atoms with Gasteiger partial charge in [0, 0.05) is 11.6 Å². The number of primary sulfonamides is 1. The molecule has 3 N–H and O–H groups in total. The van der Waals surface area contributed by atoms with Gasteiger partial charge < -0.3 is 10.1 Å². The van der Waals surface area contributed by atoms with Crippen LogP contribution in [-0.2, 0) is 19.6 Å². The lowest BCUT2D eigenvalue weighted by atomic mass is 10.1. The normalized spacial score (nSPS) is 12.4. The minimum atomic E-state index is -4.03. The Morgan fingerprint density at radius 2 is 1.93 bits per heavy atom. The van der Waals surface area contributed by atoms with E-state index in [1.165, 1.54) is 19.1 Å². The maximum Gasteiger partial charge on any atom is 0.340 e. The number of nitrogens with two attached hydrogens (primary N) is 1. The van der Waals surface area contributed by atoms with Gasteiger partial charge in [-0.15, -0.1) is 0 Å². The second-order valence-electron chi connectivity index (χ2n) is 6.10. The highest BCUT2D eigenvalue weighted by molar-refractivity contribution is 7.89. The predicted molar refractivity (Wildman–Crippen MR) is 108 cm³/mol. The second kappa shape index (κ2) is 8.16. The Morgan fingerprint density at radius 1 is 1.17 bits per heavy atom. The summed E-state index contributed by atoms with van der Waals surface area (Å²) in [4.78, 5) is 28.8. The summed E-state index contributed by atoms with van der Waals surface area (Å²) in [5.41, 5.74) is 0.992. The van der Waals surface area contributed by atoms with Gasteiger partial charge in [-0.2, -0.15) is 0 Å². The number of fused-ring (bicyclic) bond motifs is 1. The number of hydrogen-bond donors (Lipinski definition) is 2. The Kier molecular flexibility index (Phi) is 5.83. The molecule has 29 heavy (non-hydrogen) atoms. The fourth-order valence-electron chi connectivity index (χ4n) is 2.56. The molecule has 1 atom stereocenters. The van der Waals surface area contributed by atoms with Crippen LogP contribution in [0.4, 0.5) is 5.69 Å². The minimum absolute atomic E-state index is 0.0323. The van der Waals surface area contributed by atoms with Gasteiger partial charge in [0.05, 0.1) is 26.7 Å². The molecule has 1 heterocycles. The van der Waals surface area contributed by atoms with Crippen LogP contribution in [0.2, 0.25) is 5.02 Å². The first-order valence-corrected chi connectivity index (χ1v) is 10.3. The Labute approximate surface area is 171 Å². The predicted octanol–water partition coefficient (Wildman–Crippen LogP) is 2.72. The molecule has 150 valence electrons. The third-order valence-corrected chi connectivity index (χ3v) is 5.28. The molecule has 1 unspecified atom stereocenters. The van der Waals surface area contributed by atoms with E-state index in [1.54, 1.807) is 36.5 Å². The van der Waals surface area contributed by atoms with Gasteiger partial charge in [0.1, 0.15) is 0 Å². The largest absolute Gasteiger partial charge is 0.449 e. The first-order chi connectivity index (χ1) is 13.7. The number of anilines is 1. The summed E-state index contributed by atoms with van der Waals surface area (Å²) in [7, 11) is -4.03. The third-order valence-electron chi connectivity index (χ3n) is 4.04. The van der Waals surface area contributed by atoms with Gasteiger partial charge >= 0.3 is 5.97 Å². The zero-order chi connectivity index (χ0) is 21.2. The molecule has 0 fully saturated rings. The second-order valence-corrected chi connectivity index (χ2v) is 8.07. The van der Waals surface area contributed by atoms with Crippen LogP contribution in [0.15, 0.2) is 59.6 Å². The number of ether oxygens (including phenoxy) is 1. The number of amides is 1. The number of halogens is 1. The molecule has 0 saturated carbocycles. The van der Waals surface area contributed by atoms with E-state index in [9.17, 15) is 18.0 Å². The van der Waals surface area contributed by atoms with E-state index in [-0.39, 0.29) is 15.5 Å². The molecule has 1 aromatic heterocycles. The van der Waals surface area contributed by atoms with E-state index in [0.717, 1.165) is 11.5 Å². The number of hydrogen-bond acceptors (Lipinski definition) is 6. The van der Waals surface area contributed by atoms with Gasteiger partial charge in [-0.1, -0.05) is 17.7 Å². The quantitative estimate of drug-likeness (QED) is 0.595. The average Bonchev–Trinajstić information content (AvgIpc) is 2.67. The van der Waals surface area contributed by atoms with Gasteiger partial charge in [0.2, 0.25) is 10.0 Å². The molecular weight excluding hydrogens is 418 g/mol. The number of sulfonamides is 1. The molecule has 10 heteroatoms. The lowest BCUT2D eigenvalue weighted by Crippen LogP contribution is -2.30. The Balaban J connectivity index is 1.77. The summed E-state index contributed by atoms with van der Waals surface area (Å²) >= 11 is 5.96. The number of carbonyl (C=O) groups is 2. The molecular formula is C19H16ClN3O5S. The first kappa shape index (κ1) is 20.7. The molecule has 0 bridgehead atoms. The SMILES string of the molecule is CC(OC(=O)c1cc(S(N)(=O)=O)ccc1Cl)C(=O)Nc1cccc2ncccc12. The number of carbonyl (C=O) groups excluding carboxylic acids is 2. The smallest absolute Gasteiger partial charge is 0.340 e. The number of esters is 1. The highest BCUT2D eigenvalue weighted by atomic mass is 35.5. The van der Waals surface area contributed by atoms with Crippen LogP contribution in [0, 0.1) is 0 Å². The molecule has 3 rings (SSSR count). The Hall–Kier alpha value is -3.01. The maximum atomic E-state index is 12.5. The fourth-order valence-corrected chi connectivity index (χ4v) is 3.30. The molecule has 1 amide bonds. The number of aromatic nitrogens is 1. The van der Waals surface area contributed by atoms with E-state index < -0.39 is 28.0 Å². The van der Waals surface area contributed by atoms with Gasteiger partial charge in [-0.3, -0.25) is 9.78 Å². The van der Waals surface area contributed by atoms with E-state index in [1.807, 2.05) is 0 Å². The van der Waals surface area contributed by atoms with Crippen LogP contribution in [-0.4, -0.2) is 31.4 Å². The molecule has 2 aromatic carbocycles. The van der Waals surface area contributed by atoms with Crippen molar-refractivity contribution < 1.29 is 22.7 Å². The van der Waals surface area contributed by atoms with E-state index in [0.29, 0.717) is 11.2 Å². The molecule has 3 aromatic rings. The summed E-state index contributed by atoms with van der Waals surface area (Å²) in [5, 5.41) is 8.45. The van der Waals surface area contributed by atoms with Crippen molar-refractivity contribution in [2.75, 3.05) is 5.32 Å². The highest BCUT2D eigenvalue weighted by Crippen LogP contribution is 2.23. The molecule has 0 radical (unpaired) electrons. The van der Waals surface area contributed by atoms with Crippen molar-refractivity contribution in [3.63, 3.8) is 0 Å². The molecule has 0 spiro atoms. The molecule has 0 saturated heterocycles. The van der Waals surface area contributed by atoms with Crippen molar-refractivity contribution in [2.24, 2.45) is 5.14 Å². The van der Waals surface area contributed by atoms with Gasteiger partial charge in [0.25, 0.3) is 5.91 Å². The summed E-state index contributed by atoms with van der Waals surface area (Å²) in [5.74, 6) is -1.53. The summed E-state index contributed by atoms with van der Waals surface area (Å²) < 4.78 is 28.1. The monoisotopic (exact) mass is 433 g/mol. The Morgan fingerprint density at radius 3 is 2.66 bits per heavy atom. The van der Waals surface area contributed by atoms with Crippen LogP contribution in [0.1, 0.15) is 17.3 Å². The number of benzene rings is 2. The lowest BCUT2D eigenvalue weighted by Gasteiger charge is -2.15. The Bertz CT molecular complexity index is 1210. The van der Waals surface area contributed by atoms with Crippen molar-refractivity contribution in [2.45, 2.75) is 17.9 Å². The zero-order valence-electron chi connectivity index (χ0n) is 15.1. The van der Waals surface area contributed by atoms with E-state index in [4.69, 9.17) is 21.5 Å². The van der Waals surface area contributed by atoms with Crippen molar-refractivity contribution in [1.29, 1.82) is 0 Å². The minimum Gasteiger partial charge on any atom is -0.449 e. The van der Waals surface area contributed by atoms with Gasteiger partial charge in [-0.25, -0.2) is 18.4 Å². The highest BCUT2D eigenvalue weighted by Gasteiger charge is 2.23. The topological polar surface area (TPSA) is 128 Å². The van der Waals surface area contributed by atoms with Crippen LogP contribution in [0.5, 0.6) is 0 Å². The van der Waals surface area contributed by atoms with Gasteiger partial charge in [-0.05, 0) is 49.4 Å². The zero-order valence-corrected chi connectivity index (χ0v) is 16.7. The van der Waals surface area contributed by atoms with Crippen molar-refractivity contribution in [3.05, 3.63) is 65.3 Å². The van der Waals surface area contributed by atoms with Gasteiger partial charge in [0.15, 0.2) is 6.10 Å². The molecule has 8 nitrogen and oxygen atoms in total. The van der Waals surface area contributed by atoms with Crippen LogP contribution in [0.25, 0.3) is 10.9 Å². The first-order valence-electron chi connectivity index (χ1n) is 8.35. The maximum absolute atomic E-state index is 12.5. The number of nitrogens with zero attached hydrogens (tertiary/aromatic N) is 1. The number of nitrogens with one attached hydrogen (secondary N) is 1. The molecule has 0 aliphatic carbocycles. The fraction of sp³-hybridized carbons (Fsp3) is 0.105. The van der Waals surface area contributed by atoms with Crippen LogP contribution in [0.3, 0.4) is 0 Å². The third kappa shape index (κ3) is 4.70. The lowest BCUT2D eigenvalue weighted by molar-refractivity contribution is -0.123. The standard InChI is InChI=1S/C19H16ClN3O5S/c1-11(18(24)23-17-6-2-5-16-13(17)4-3-9-22-16)28-19(25)14-10-12(29(21,26)27)7-8-15(14)20/h2-11H,1H3,(H,23,24)(H2,21,26,27). The molecule has 0 aliphatic rings. The van der Waals surface area contributed by atoms with Crippen molar-refractivity contribution >= 4 is 50.1 Å². The van der Waals surface area contributed by atoms with E-state index in [2.05, 4.69) is 10.3 Å². The summed E-state index contributed by atoms with van der Waals surface area (Å²) in [6.07, 6.45) is 0.459. The van der Waals surface area contributed by atoms with Crippen LogP contribution < -0.4 is 10.5 Å². The van der Waals surface area contributed by atoms with E-state index >= 15 is 0 Å². The number of pyridine rings is 1.